The number of ether oxygens (including phenoxy) is 3. The van der Waals surface area contributed by atoms with Crippen molar-refractivity contribution in [1.29, 1.82) is 0 Å². The topological polar surface area (TPSA) is 55.3 Å². The molecular weight excluding hydrogens is 366 g/mol. The maximum atomic E-state index is 5.95. The van der Waals surface area contributed by atoms with Crippen LogP contribution in [0.2, 0.25) is 0 Å². The van der Waals surface area contributed by atoms with Gasteiger partial charge in [-0.25, -0.2) is 0 Å². The molecule has 29 heavy (non-hydrogen) atoms. The van der Waals surface area contributed by atoms with Gasteiger partial charge in [0, 0.05) is 51.9 Å². The Morgan fingerprint density at radius 2 is 2.03 bits per heavy atom. The van der Waals surface area contributed by atoms with Gasteiger partial charge in [0.05, 0.1) is 19.3 Å². The summed E-state index contributed by atoms with van der Waals surface area (Å²) in [5.41, 5.74) is 1.24. The SMILES string of the molecule is CCNC(=NCCCOC1CCOCC1)N1CCC(COCc2ccccc2)C1. The van der Waals surface area contributed by atoms with Gasteiger partial charge in [-0.1, -0.05) is 30.3 Å². The fourth-order valence-electron chi connectivity index (χ4n) is 3.85. The standard InChI is InChI=1S/C23H37N3O3/c1-2-24-23(25-12-6-14-29-22-10-15-27-16-11-22)26-13-9-21(17-26)19-28-18-20-7-4-3-5-8-20/h3-5,7-8,21-22H,2,6,9-19H2,1H3,(H,24,25). The highest BCUT2D eigenvalue weighted by Gasteiger charge is 2.25. The Morgan fingerprint density at radius 3 is 2.83 bits per heavy atom. The van der Waals surface area contributed by atoms with Crippen LogP contribution in [0.4, 0.5) is 0 Å². The number of benzene rings is 1. The molecular formula is C23H37N3O3. The minimum Gasteiger partial charge on any atom is -0.381 e. The summed E-state index contributed by atoms with van der Waals surface area (Å²) in [6, 6.07) is 10.4. The molecule has 2 fully saturated rings. The van der Waals surface area contributed by atoms with Gasteiger partial charge in [-0.15, -0.1) is 0 Å². The van der Waals surface area contributed by atoms with E-state index < -0.39 is 0 Å². The Morgan fingerprint density at radius 1 is 1.21 bits per heavy atom. The van der Waals surface area contributed by atoms with Crippen molar-refractivity contribution in [3.8, 4) is 0 Å². The number of nitrogens with zero attached hydrogens (tertiary/aromatic N) is 2. The summed E-state index contributed by atoms with van der Waals surface area (Å²) >= 11 is 0. The molecule has 0 aromatic heterocycles. The van der Waals surface area contributed by atoms with E-state index in [2.05, 4.69) is 41.4 Å². The molecule has 1 N–H and O–H groups in total. The van der Waals surface area contributed by atoms with Crippen LogP contribution in [0.3, 0.4) is 0 Å². The Kier molecular flexibility index (Phi) is 9.76. The fraction of sp³-hybridized carbons (Fsp3) is 0.696. The van der Waals surface area contributed by atoms with Gasteiger partial charge in [0.15, 0.2) is 5.96 Å². The molecule has 162 valence electrons. The maximum Gasteiger partial charge on any atom is 0.193 e. The molecule has 3 rings (SSSR count). The van der Waals surface area contributed by atoms with Crippen molar-refractivity contribution in [2.45, 2.75) is 45.3 Å². The molecule has 2 aliphatic heterocycles. The van der Waals surface area contributed by atoms with E-state index in [1.165, 1.54) is 5.56 Å². The number of hydrogen-bond donors (Lipinski definition) is 1. The zero-order valence-electron chi connectivity index (χ0n) is 17.9. The van der Waals surface area contributed by atoms with Crippen LogP contribution in [0.1, 0.15) is 38.2 Å². The summed E-state index contributed by atoms with van der Waals surface area (Å²) in [6.07, 6.45) is 4.53. The summed E-state index contributed by atoms with van der Waals surface area (Å²) in [4.78, 5) is 7.20. The second kappa shape index (κ2) is 12.8. The van der Waals surface area contributed by atoms with E-state index in [0.29, 0.717) is 18.6 Å². The molecule has 0 aliphatic carbocycles. The number of rotatable bonds is 10. The highest BCUT2D eigenvalue weighted by atomic mass is 16.5. The van der Waals surface area contributed by atoms with E-state index in [9.17, 15) is 0 Å². The molecule has 2 saturated heterocycles. The van der Waals surface area contributed by atoms with Crippen LogP contribution in [-0.4, -0.2) is 69.6 Å². The molecule has 1 aromatic carbocycles. The highest BCUT2D eigenvalue weighted by Crippen LogP contribution is 2.17. The van der Waals surface area contributed by atoms with Gasteiger partial charge < -0.3 is 24.4 Å². The number of guanidine groups is 1. The monoisotopic (exact) mass is 403 g/mol. The first-order valence-corrected chi connectivity index (χ1v) is 11.2. The van der Waals surface area contributed by atoms with E-state index >= 15 is 0 Å². The van der Waals surface area contributed by atoms with Crippen LogP contribution < -0.4 is 5.32 Å². The number of aliphatic imine (C=N–C) groups is 1. The molecule has 2 heterocycles. The van der Waals surface area contributed by atoms with E-state index in [4.69, 9.17) is 19.2 Å². The average Bonchev–Trinajstić information content (AvgIpc) is 3.23. The van der Waals surface area contributed by atoms with Crippen molar-refractivity contribution >= 4 is 5.96 Å². The first-order valence-electron chi connectivity index (χ1n) is 11.2. The van der Waals surface area contributed by atoms with Crippen LogP contribution >= 0.6 is 0 Å². The second-order valence-corrected chi connectivity index (χ2v) is 7.87. The van der Waals surface area contributed by atoms with Gasteiger partial charge in [0.2, 0.25) is 0 Å². The van der Waals surface area contributed by atoms with Gasteiger partial charge in [-0.2, -0.15) is 0 Å². The third kappa shape index (κ3) is 7.96. The first-order chi connectivity index (χ1) is 14.3. The Hall–Kier alpha value is -1.63. The largest absolute Gasteiger partial charge is 0.381 e. The number of nitrogens with one attached hydrogen (secondary N) is 1. The molecule has 6 heteroatoms. The molecule has 0 spiro atoms. The van der Waals surface area contributed by atoms with E-state index in [1.807, 2.05) is 6.07 Å². The number of likely N-dealkylation sites (tertiary alicyclic amines) is 1. The molecule has 2 aliphatic rings. The first kappa shape index (κ1) is 22.1. The minimum absolute atomic E-state index is 0.371. The maximum absolute atomic E-state index is 5.95. The van der Waals surface area contributed by atoms with Gasteiger partial charge in [0.25, 0.3) is 0 Å². The van der Waals surface area contributed by atoms with Crippen LogP contribution in [0.25, 0.3) is 0 Å². The van der Waals surface area contributed by atoms with E-state index in [0.717, 1.165) is 84.2 Å². The van der Waals surface area contributed by atoms with Crippen molar-refractivity contribution in [2.24, 2.45) is 10.9 Å². The highest BCUT2D eigenvalue weighted by molar-refractivity contribution is 5.80. The molecule has 0 radical (unpaired) electrons. The lowest BCUT2D eigenvalue weighted by atomic mass is 10.1. The van der Waals surface area contributed by atoms with Crippen molar-refractivity contribution in [3.05, 3.63) is 35.9 Å². The Labute approximate surface area is 175 Å². The predicted molar refractivity (Wildman–Crippen MR) is 116 cm³/mol. The van der Waals surface area contributed by atoms with Crippen LogP contribution in [0.15, 0.2) is 35.3 Å². The second-order valence-electron chi connectivity index (χ2n) is 7.87. The quantitative estimate of drug-likeness (QED) is 0.370. The summed E-state index contributed by atoms with van der Waals surface area (Å²) in [7, 11) is 0. The van der Waals surface area contributed by atoms with E-state index in [1.54, 1.807) is 0 Å². The van der Waals surface area contributed by atoms with Crippen molar-refractivity contribution < 1.29 is 14.2 Å². The van der Waals surface area contributed by atoms with Gasteiger partial charge in [-0.3, -0.25) is 4.99 Å². The average molecular weight is 404 g/mol. The summed E-state index contributed by atoms with van der Waals surface area (Å²) in [5.74, 6) is 1.60. The lowest BCUT2D eigenvalue weighted by molar-refractivity contribution is -0.0318. The van der Waals surface area contributed by atoms with Gasteiger partial charge in [0.1, 0.15) is 0 Å². The Bertz CT molecular complexity index is 590. The third-order valence-corrected chi connectivity index (χ3v) is 5.47. The van der Waals surface area contributed by atoms with Crippen molar-refractivity contribution in [1.82, 2.24) is 10.2 Å². The van der Waals surface area contributed by atoms with Crippen molar-refractivity contribution in [2.75, 3.05) is 52.6 Å². The van der Waals surface area contributed by atoms with Crippen LogP contribution in [-0.2, 0) is 20.8 Å². The lowest BCUT2D eigenvalue weighted by Gasteiger charge is -2.23. The summed E-state index contributed by atoms with van der Waals surface area (Å²) < 4.78 is 17.3. The summed E-state index contributed by atoms with van der Waals surface area (Å²) in [5, 5.41) is 3.45. The Balaban J connectivity index is 1.34. The van der Waals surface area contributed by atoms with Gasteiger partial charge in [-0.05, 0) is 38.2 Å². The van der Waals surface area contributed by atoms with Crippen LogP contribution in [0.5, 0.6) is 0 Å². The molecule has 0 bridgehead atoms. The molecule has 0 saturated carbocycles. The zero-order valence-corrected chi connectivity index (χ0v) is 17.9. The minimum atomic E-state index is 0.371. The van der Waals surface area contributed by atoms with E-state index in [-0.39, 0.29) is 0 Å². The van der Waals surface area contributed by atoms with Crippen molar-refractivity contribution in [3.63, 3.8) is 0 Å². The van der Waals surface area contributed by atoms with Crippen LogP contribution in [0, 0.1) is 5.92 Å². The smallest absolute Gasteiger partial charge is 0.193 e. The lowest BCUT2D eigenvalue weighted by Crippen LogP contribution is -2.40. The fourth-order valence-corrected chi connectivity index (χ4v) is 3.85. The zero-order chi connectivity index (χ0) is 20.2. The molecule has 1 atom stereocenters. The predicted octanol–water partition coefficient (Wildman–Crippen LogP) is 3.08. The molecule has 1 aromatic rings. The third-order valence-electron chi connectivity index (χ3n) is 5.47. The molecule has 1 unspecified atom stereocenters. The molecule has 6 nitrogen and oxygen atoms in total. The molecule has 0 amide bonds. The van der Waals surface area contributed by atoms with Gasteiger partial charge >= 0.3 is 0 Å². The summed E-state index contributed by atoms with van der Waals surface area (Å²) in [6.45, 7) is 9.83. The number of hydrogen-bond acceptors (Lipinski definition) is 4. The normalized spacial score (nSPS) is 20.9.